The number of amides is 1. The molecule has 0 spiro atoms. The number of carbonyl (C=O) groups excluding carboxylic acids is 1. The zero-order valence-corrected chi connectivity index (χ0v) is 12.8. The maximum atomic E-state index is 13.1. The van der Waals surface area contributed by atoms with Crippen molar-refractivity contribution in [2.24, 2.45) is 5.10 Å². The molecule has 1 atom stereocenters. The van der Waals surface area contributed by atoms with E-state index in [1.54, 1.807) is 6.07 Å². The topological polar surface area (TPSA) is 62.1 Å². The summed E-state index contributed by atoms with van der Waals surface area (Å²) in [4.78, 5) is 12.4. The third kappa shape index (κ3) is 3.50. The van der Waals surface area contributed by atoms with Crippen LogP contribution in [0.15, 0.2) is 29.4 Å². The van der Waals surface area contributed by atoms with E-state index in [4.69, 9.17) is 4.74 Å². The van der Waals surface area contributed by atoms with Gasteiger partial charge in [-0.1, -0.05) is 13.0 Å². The van der Waals surface area contributed by atoms with Gasteiger partial charge in [-0.3, -0.25) is 4.79 Å². The Bertz CT molecular complexity index is 639. The molecule has 0 bridgehead atoms. The molecule has 5 nitrogen and oxygen atoms in total. The zero-order valence-electron chi connectivity index (χ0n) is 12.8. The molecule has 0 saturated carbocycles. The van der Waals surface area contributed by atoms with E-state index in [2.05, 4.69) is 5.10 Å². The molecule has 0 aliphatic carbocycles. The Balaban J connectivity index is 2.32. The molecular weight excluding hydrogens is 332 g/mol. The Morgan fingerprint density at radius 2 is 2.12 bits per heavy atom. The summed E-state index contributed by atoms with van der Waals surface area (Å²) in [5.74, 6) is -0.795. The maximum absolute atomic E-state index is 13.1. The van der Waals surface area contributed by atoms with Gasteiger partial charge in [0.1, 0.15) is 11.5 Å². The van der Waals surface area contributed by atoms with Crippen LogP contribution in [0, 0.1) is 0 Å². The van der Waals surface area contributed by atoms with Crippen molar-refractivity contribution in [3.05, 3.63) is 29.8 Å². The minimum Gasteiger partial charge on any atom is -0.494 e. The monoisotopic (exact) mass is 348 g/mol. The average Bonchev–Trinajstić information content (AvgIpc) is 2.92. The first-order valence-electron chi connectivity index (χ1n) is 7.23. The third-order valence-electron chi connectivity index (χ3n) is 3.38. The summed E-state index contributed by atoms with van der Waals surface area (Å²) in [6.07, 6.45) is -6.99. The van der Waals surface area contributed by atoms with Gasteiger partial charge in [-0.05, 0) is 24.6 Å². The first-order chi connectivity index (χ1) is 11.3. The molecule has 0 fully saturated rings. The number of benzene rings is 1. The number of rotatable bonds is 6. The van der Waals surface area contributed by atoms with Crippen LogP contribution in [0.4, 0.5) is 17.6 Å². The van der Waals surface area contributed by atoms with E-state index >= 15 is 0 Å². The van der Waals surface area contributed by atoms with Crippen molar-refractivity contribution >= 4 is 11.6 Å². The molecule has 9 heteroatoms. The van der Waals surface area contributed by atoms with Crippen molar-refractivity contribution in [3.8, 4) is 5.75 Å². The van der Waals surface area contributed by atoms with Crippen LogP contribution in [-0.4, -0.2) is 46.9 Å². The van der Waals surface area contributed by atoms with Crippen LogP contribution in [0.5, 0.6) is 5.75 Å². The van der Waals surface area contributed by atoms with E-state index < -0.39 is 36.6 Å². The fourth-order valence-electron chi connectivity index (χ4n) is 2.16. The molecule has 1 amide bonds. The van der Waals surface area contributed by atoms with Gasteiger partial charge in [0, 0.05) is 12.0 Å². The van der Waals surface area contributed by atoms with Gasteiger partial charge in [0.2, 0.25) is 5.72 Å². The molecule has 1 aromatic carbocycles. The van der Waals surface area contributed by atoms with Crippen LogP contribution in [0.2, 0.25) is 0 Å². The van der Waals surface area contributed by atoms with E-state index in [0.717, 1.165) is 6.42 Å². The summed E-state index contributed by atoms with van der Waals surface area (Å²) in [5.41, 5.74) is -4.17. The molecule has 1 aliphatic heterocycles. The lowest BCUT2D eigenvalue weighted by molar-refractivity contribution is -0.164. The van der Waals surface area contributed by atoms with Crippen molar-refractivity contribution in [3.63, 3.8) is 0 Å². The highest BCUT2D eigenvalue weighted by Crippen LogP contribution is 2.34. The second kappa shape index (κ2) is 7.16. The lowest BCUT2D eigenvalue weighted by atomic mass is 10.1. The van der Waals surface area contributed by atoms with Crippen molar-refractivity contribution in [1.29, 1.82) is 0 Å². The molecule has 1 aromatic rings. The van der Waals surface area contributed by atoms with E-state index in [1.807, 2.05) is 6.92 Å². The SMILES string of the molecule is CCCOc1cccc(C(=O)N2N=C(C(F)F)C[C@@]2(O)C(F)F)c1. The number of carbonyl (C=O) groups is 1. The maximum Gasteiger partial charge on any atom is 0.287 e. The van der Waals surface area contributed by atoms with Gasteiger partial charge in [-0.2, -0.15) is 10.1 Å². The largest absolute Gasteiger partial charge is 0.494 e. The highest BCUT2D eigenvalue weighted by atomic mass is 19.3. The Morgan fingerprint density at radius 1 is 1.42 bits per heavy atom. The number of halogens is 4. The Morgan fingerprint density at radius 3 is 2.71 bits per heavy atom. The quantitative estimate of drug-likeness (QED) is 0.804. The summed E-state index contributed by atoms with van der Waals surface area (Å²) in [7, 11) is 0. The number of nitrogens with zero attached hydrogens (tertiary/aromatic N) is 2. The van der Waals surface area contributed by atoms with E-state index in [9.17, 15) is 27.5 Å². The van der Waals surface area contributed by atoms with Gasteiger partial charge in [-0.15, -0.1) is 0 Å². The van der Waals surface area contributed by atoms with E-state index in [0.29, 0.717) is 12.4 Å². The summed E-state index contributed by atoms with van der Waals surface area (Å²) in [6.45, 7) is 2.26. The summed E-state index contributed by atoms with van der Waals surface area (Å²) in [6, 6.07) is 5.58. The van der Waals surface area contributed by atoms with Crippen molar-refractivity contribution in [2.75, 3.05) is 6.61 Å². The molecule has 132 valence electrons. The smallest absolute Gasteiger partial charge is 0.287 e. The highest BCUT2D eigenvalue weighted by Gasteiger charge is 2.53. The first kappa shape index (κ1) is 18.2. The van der Waals surface area contributed by atoms with Crippen LogP contribution in [0.25, 0.3) is 0 Å². The van der Waals surface area contributed by atoms with E-state index in [1.165, 1.54) is 18.2 Å². The fraction of sp³-hybridized carbons (Fsp3) is 0.467. The lowest BCUT2D eigenvalue weighted by Crippen LogP contribution is -2.51. The number of hydrogen-bond acceptors (Lipinski definition) is 4. The standard InChI is InChI=1S/C15H16F4N2O3/c1-2-6-24-10-5-3-4-9(7-10)13(22)21-15(23,14(18)19)8-11(20-21)12(16)17/h3-5,7,12,14,23H,2,6,8H2,1H3/t15-/m1/s1. The van der Waals surface area contributed by atoms with Crippen molar-refractivity contribution in [2.45, 2.75) is 38.3 Å². The van der Waals surface area contributed by atoms with Gasteiger partial charge in [0.25, 0.3) is 18.8 Å². The predicted octanol–water partition coefficient (Wildman–Crippen LogP) is 2.90. The Labute approximate surface area is 135 Å². The molecule has 0 unspecified atom stereocenters. The molecule has 0 aromatic heterocycles. The van der Waals surface area contributed by atoms with Crippen molar-refractivity contribution in [1.82, 2.24) is 5.01 Å². The van der Waals surface area contributed by atoms with Gasteiger partial charge in [-0.25, -0.2) is 17.6 Å². The van der Waals surface area contributed by atoms with Crippen molar-refractivity contribution < 1.29 is 32.2 Å². The molecule has 1 N–H and O–H groups in total. The van der Waals surface area contributed by atoms with Gasteiger partial charge >= 0.3 is 0 Å². The molecule has 0 radical (unpaired) electrons. The minimum atomic E-state index is -3.46. The number of hydrogen-bond donors (Lipinski definition) is 1. The van der Waals surface area contributed by atoms with Crippen LogP contribution in [0.1, 0.15) is 30.1 Å². The molecule has 1 aliphatic rings. The highest BCUT2D eigenvalue weighted by molar-refractivity contribution is 5.99. The van der Waals surface area contributed by atoms with Gasteiger partial charge < -0.3 is 9.84 Å². The minimum absolute atomic E-state index is 0.0259. The van der Waals surface area contributed by atoms with Crippen LogP contribution in [0.3, 0.4) is 0 Å². The molecule has 24 heavy (non-hydrogen) atoms. The normalized spacial score (nSPS) is 20.7. The van der Waals surface area contributed by atoms with Gasteiger partial charge in [0.05, 0.1) is 6.61 Å². The molecular formula is C15H16F4N2O3. The Kier molecular flexibility index (Phi) is 5.43. The van der Waals surface area contributed by atoms with Crippen LogP contribution in [-0.2, 0) is 0 Å². The summed E-state index contributed by atoms with van der Waals surface area (Å²) < 4.78 is 57.1. The second-order valence-electron chi connectivity index (χ2n) is 5.24. The van der Waals surface area contributed by atoms with Crippen LogP contribution >= 0.6 is 0 Å². The number of alkyl halides is 4. The van der Waals surface area contributed by atoms with Crippen LogP contribution < -0.4 is 4.74 Å². The number of ether oxygens (including phenoxy) is 1. The second-order valence-corrected chi connectivity index (χ2v) is 5.24. The fourth-order valence-corrected chi connectivity index (χ4v) is 2.16. The Hall–Kier alpha value is -2.16. The van der Waals surface area contributed by atoms with Gasteiger partial charge in [0.15, 0.2) is 0 Å². The molecule has 0 saturated heterocycles. The lowest BCUT2D eigenvalue weighted by Gasteiger charge is -2.30. The third-order valence-corrected chi connectivity index (χ3v) is 3.38. The average molecular weight is 348 g/mol. The van der Waals surface area contributed by atoms with E-state index in [-0.39, 0.29) is 10.6 Å². The summed E-state index contributed by atoms with van der Waals surface area (Å²) in [5, 5.41) is 13.2. The first-order valence-corrected chi connectivity index (χ1v) is 7.23. The molecule has 1 heterocycles. The zero-order chi connectivity index (χ0) is 17.9. The number of hydrazone groups is 1. The summed E-state index contributed by atoms with van der Waals surface area (Å²) >= 11 is 0. The molecule has 2 rings (SSSR count). The number of aliphatic hydroxyl groups is 1. The predicted molar refractivity (Wildman–Crippen MR) is 77.4 cm³/mol.